The molecule has 0 aliphatic carbocycles. The van der Waals surface area contributed by atoms with Crippen molar-refractivity contribution in [2.45, 2.75) is 24.5 Å². The molecular weight excluding hydrogens is 486 g/mol. The summed E-state index contributed by atoms with van der Waals surface area (Å²) in [7, 11) is 0. The number of fused-ring (bicyclic) bond motifs is 1. The van der Waals surface area contributed by atoms with Gasteiger partial charge in [0.2, 0.25) is 5.91 Å². The van der Waals surface area contributed by atoms with Crippen LogP contribution in [0.3, 0.4) is 0 Å². The van der Waals surface area contributed by atoms with Gasteiger partial charge < -0.3 is 15.0 Å². The second kappa shape index (κ2) is 11.7. The summed E-state index contributed by atoms with van der Waals surface area (Å²) in [6.45, 7) is 0.786. The van der Waals surface area contributed by atoms with E-state index in [0.717, 1.165) is 24.2 Å². The molecule has 0 spiro atoms. The zero-order valence-electron chi connectivity index (χ0n) is 20.2. The minimum Gasteiger partial charge on any atom is -0.484 e. The number of aromatic nitrogens is 3. The quantitative estimate of drug-likeness (QED) is 0.340. The van der Waals surface area contributed by atoms with Crippen molar-refractivity contribution in [3.63, 3.8) is 0 Å². The van der Waals surface area contributed by atoms with Crippen molar-refractivity contribution >= 4 is 29.3 Å². The molecule has 0 radical (unpaired) electrons. The fourth-order valence-corrected chi connectivity index (χ4v) is 5.08. The number of nitrogens with zero attached hydrogens (tertiary/aromatic N) is 4. The summed E-state index contributed by atoms with van der Waals surface area (Å²) in [5, 5.41) is 12.1. The molecule has 0 unspecified atom stereocenters. The summed E-state index contributed by atoms with van der Waals surface area (Å²) >= 11 is 1.34. The number of rotatable bonds is 9. The number of aryl methyl sites for hydroxylation is 1. The van der Waals surface area contributed by atoms with Crippen molar-refractivity contribution in [2.75, 3.05) is 23.8 Å². The predicted octanol–water partition coefficient (Wildman–Crippen LogP) is 4.03. The van der Waals surface area contributed by atoms with Crippen molar-refractivity contribution in [3.05, 3.63) is 96.3 Å². The molecule has 2 amide bonds. The Morgan fingerprint density at radius 2 is 1.65 bits per heavy atom. The van der Waals surface area contributed by atoms with Crippen molar-refractivity contribution in [2.24, 2.45) is 0 Å². The molecule has 37 heavy (non-hydrogen) atoms. The van der Waals surface area contributed by atoms with E-state index in [1.165, 1.54) is 17.3 Å². The molecule has 0 fully saturated rings. The number of benzene rings is 3. The van der Waals surface area contributed by atoms with Gasteiger partial charge in [-0.15, -0.1) is 10.2 Å². The van der Waals surface area contributed by atoms with E-state index >= 15 is 0 Å². The summed E-state index contributed by atoms with van der Waals surface area (Å²) in [6.07, 6.45) is 1.94. The van der Waals surface area contributed by atoms with Crippen LogP contribution in [0.25, 0.3) is 5.69 Å². The van der Waals surface area contributed by atoms with Gasteiger partial charge in [-0.1, -0.05) is 66.4 Å². The number of hydrogen-bond acceptors (Lipinski definition) is 6. The van der Waals surface area contributed by atoms with Crippen LogP contribution in [0, 0.1) is 0 Å². The second-order valence-corrected chi connectivity index (χ2v) is 9.46. The van der Waals surface area contributed by atoms with E-state index in [-0.39, 0.29) is 30.7 Å². The lowest BCUT2D eigenvalue weighted by Gasteiger charge is -2.29. The minimum absolute atomic E-state index is 0.0349. The molecule has 1 aromatic heterocycles. The molecule has 188 valence electrons. The van der Waals surface area contributed by atoms with Gasteiger partial charge in [-0.05, 0) is 48.7 Å². The summed E-state index contributed by atoms with van der Waals surface area (Å²) in [5.41, 5.74) is 3.05. The molecule has 0 atom stereocenters. The summed E-state index contributed by atoms with van der Waals surface area (Å²) in [5.74, 6) is 1.20. The number of hydrogen-bond donors (Lipinski definition) is 1. The molecule has 3 aromatic carbocycles. The van der Waals surface area contributed by atoms with Crippen molar-refractivity contribution in [3.8, 4) is 11.4 Å². The Bertz CT molecular complexity index is 1360. The zero-order chi connectivity index (χ0) is 25.5. The lowest BCUT2D eigenvalue weighted by molar-refractivity contribution is -0.123. The normalized spacial score (nSPS) is 12.6. The molecule has 5 rings (SSSR count). The Morgan fingerprint density at radius 1 is 0.919 bits per heavy atom. The SMILES string of the molecule is O=C(COc1ccccc1)NCc1nnc(SCC(=O)N2CCCc3ccccc32)n1-c1ccccc1. The van der Waals surface area contributed by atoms with E-state index in [1.54, 1.807) is 12.1 Å². The number of carbonyl (C=O) groups is 2. The number of ether oxygens (including phenoxy) is 1. The maximum absolute atomic E-state index is 13.2. The summed E-state index contributed by atoms with van der Waals surface area (Å²) < 4.78 is 7.40. The summed E-state index contributed by atoms with van der Waals surface area (Å²) in [4.78, 5) is 27.4. The Hall–Kier alpha value is -4.11. The van der Waals surface area contributed by atoms with Crippen LogP contribution in [0.4, 0.5) is 5.69 Å². The standard InChI is InChI=1S/C28H27N5O3S/c34-26(19-36-23-14-5-2-6-15-23)29-18-25-30-31-28(33(25)22-12-3-1-4-13-22)37-20-27(35)32-17-9-11-21-10-7-8-16-24(21)32/h1-8,10,12-16H,9,11,17-20H2,(H,29,34). The highest BCUT2D eigenvalue weighted by Gasteiger charge is 2.23. The lowest BCUT2D eigenvalue weighted by Crippen LogP contribution is -2.36. The molecule has 1 aliphatic heterocycles. The fraction of sp³-hybridized carbons (Fsp3) is 0.214. The van der Waals surface area contributed by atoms with E-state index in [1.807, 2.05) is 76.2 Å². The van der Waals surface area contributed by atoms with Gasteiger partial charge in [-0.3, -0.25) is 14.2 Å². The van der Waals surface area contributed by atoms with Crippen LogP contribution in [-0.4, -0.2) is 45.5 Å². The maximum Gasteiger partial charge on any atom is 0.258 e. The van der Waals surface area contributed by atoms with Gasteiger partial charge in [-0.25, -0.2) is 0 Å². The van der Waals surface area contributed by atoms with Crippen molar-refractivity contribution < 1.29 is 14.3 Å². The van der Waals surface area contributed by atoms with Gasteiger partial charge in [0, 0.05) is 17.9 Å². The van der Waals surface area contributed by atoms with Gasteiger partial charge >= 0.3 is 0 Å². The van der Waals surface area contributed by atoms with Gasteiger partial charge in [0.15, 0.2) is 17.6 Å². The highest BCUT2D eigenvalue weighted by molar-refractivity contribution is 7.99. The van der Waals surface area contributed by atoms with Crippen LogP contribution in [0.15, 0.2) is 90.1 Å². The third-order valence-electron chi connectivity index (χ3n) is 6.01. The maximum atomic E-state index is 13.2. The number of anilines is 1. The first-order valence-electron chi connectivity index (χ1n) is 12.1. The highest BCUT2D eigenvalue weighted by atomic mass is 32.2. The number of para-hydroxylation sites is 3. The minimum atomic E-state index is -0.264. The van der Waals surface area contributed by atoms with Gasteiger partial charge in [0.05, 0.1) is 12.3 Å². The first kappa shape index (κ1) is 24.6. The van der Waals surface area contributed by atoms with E-state index in [0.29, 0.717) is 23.3 Å². The number of thioether (sulfide) groups is 1. The third-order valence-corrected chi connectivity index (χ3v) is 6.92. The fourth-order valence-electron chi connectivity index (χ4n) is 4.24. The lowest BCUT2D eigenvalue weighted by atomic mass is 10.0. The van der Waals surface area contributed by atoms with E-state index in [9.17, 15) is 9.59 Å². The number of nitrogens with one attached hydrogen (secondary N) is 1. The Morgan fingerprint density at radius 3 is 2.46 bits per heavy atom. The molecular formula is C28H27N5O3S. The molecule has 0 bridgehead atoms. The average Bonchev–Trinajstić information content (AvgIpc) is 3.37. The summed E-state index contributed by atoms with van der Waals surface area (Å²) in [6, 6.07) is 26.9. The highest BCUT2D eigenvalue weighted by Crippen LogP contribution is 2.29. The van der Waals surface area contributed by atoms with Gasteiger partial charge in [0.1, 0.15) is 5.75 Å². The number of carbonyl (C=O) groups excluding carboxylic acids is 2. The van der Waals surface area contributed by atoms with Crippen LogP contribution in [-0.2, 0) is 22.6 Å². The van der Waals surface area contributed by atoms with Gasteiger partial charge in [-0.2, -0.15) is 0 Å². The average molecular weight is 514 g/mol. The first-order valence-corrected chi connectivity index (χ1v) is 13.1. The molecule has 8 nitrogen and oxygen atoms in total. The Kier molecular flexibility index (Phi) is 7.81. The van der Waals surface area contributed by atoms with E-state index < -0.39 is 0 Å². The van der Waals surface area contributed by atoms with E-state index in [2.05, 4.69) is 21.6 Å². The van der Waals surface area contributed by atoms with Crippen molar-refractivity contribution in [1.29, 1.82) is 0 Å². The molecule has 2 heterocycles. The smallest absolute Gasteiger partial charge is 0.258 e. The molecule has 9 heteroatoms. The van der Waals surface area contributed by atoms with E-state index in [4.69, 9.17) is 4.74 Å². The second-order valence-electron chi connectivity index (χ2n) is 8.51. The third kappa shape index (κ3) is 6.00. The molecule has 4 aromatic rings. The van der Waals surface area contributed by atoms with Crippen molar-refractivity contribution in [1.82, 2.24) is 20.1 Å². The molecule has 0 saturated heterocycles. The Balaban J connectivity index is 1.26. The van der Waals surface area contributed by atoms with Crippen LogP contribution >= 0.6 is 11.8 Å². The first-order chi connectivity index (χ1) is 18.2. The topological polar surface area (TPSA) is 89.3 Å². The monoisotopic (exact) mass is 513 g/mol. The predicted molar refractivity (Wildman–Crippen MR) is 143 cm³/mol. The largest absolute Gasteiger partial charge is 0.484 e. The van der Waals surface area contributed by atoms with Crippen LogP contribution in [0.1, 0.15) is 17.8 Å². The zero-order valence-corrected chi connectivity index (χ0v) is 21.1. The molecule has 0 saturated carbocycles. The molecule has 1 N–H and O–H groups in total. The van der Waals surface area contributed by atoms with Crippen LogP contribution < -0.4 is 15.0 Å². The van der Waals surface area contributed by atoms with Crippen LogP contribution in [0.2, 0.25) is 0 Å². The Labute approximate surface area is 219 Å². The molecule has 1 aliphatic rings. The number of amides is 2. The van der Waals surface area contributed by atoms with Crippen LogP contribution in [0.5, 0.6) is 5.75 Å². The van der Waals surface area contributed by atoms with Gasteiger partial charge in [0.25, 0.3) is 5.91 Å².